The molecule has 0 saturated heterocycles. The van der Waals surface area contributed by atoms with Crippen LogP contribution >= 0.6 is 11.8 Å². The van der Waals surface area contributed by atoms with Gasteiger partial charge in [-0.05, 0) is 65.1 Å². The summed E-state index contributed by atoms with van der Waals surface area (Å²) in [5.74, 6) is 1.19. The zero-order valence-corrected chi connectivity index (χ0v) is 15.4. The first-order chi connectivity index (χ1) is 9.81. The summed E-state index contributed by atoms with van der Waals surface area (Å²) in [6.45, 7) is 11.0. The maximum atomic E-state index is 3.54. The van der Waals surface area contributed by atoms with E-state index in [0.29, 0.717) is 6.04 Å². The number of benzene rings is 1. The molecule has 1 unspecified atom stereocenters. The highest BCUT2D eigenvalue weighted by Crippen LogP contribution is 2.11. The number of nitrogens with zero attached hydrogens (tertiary/aromatic N) is 1. The van der Waals surface area contributed by atoms with Gasteiger partial charge in [-0.2, -0.15) is 11.8 Å². The highest BCUT2D eigenvalue weighted by atomic mass is 32.2. The molecule has 21 heavy (non-hydrogen) atoms. The van der Waals surface area contributed by atoms with Crippen LogP contribution in [-0.4, -0.2) is 42.1 Å². The predicted octanol–water partition coefficient (Wildman–Crippen LogP) is 3.80. The Balaban J connectivity index is 2.43. The van der Waals surface area contributed by atoms with E-state index in [-0.39, 0.29) is 5.54 Å². The number of hydrogen-bond acceptors (Lipinski definition) is 3. The summed E-state index contributed by atoms with van der Waals surface area (Å²) < 4.78 is 0. The molecule has 0 spiro atoms. The van der Waals surface area contributed by atoms with Crippen molar-refractivity contribution in [1.29, 1.82) is 0 Å². The largest absolute Gasteiger partial charge is 0.312 e. The fraction of sp³-hybridized carbons (Fsp3) is 0.667. The fourth-order valence-corrected chi connectivity index (χ4v) is 2.94. The second kappa shape index (κ2) is 8.82. The van der Waals surface area contributed by atoms with E-state index >= 15 is 0 Å². The first kappa shape index (κ1) is 18.5. The fourth-order valence-electron chi connectivity index (χ4n) is 2.21. The second-order valence-corrected chi connectivity index (χ2v) is 7.87. The van der Waals surface area contributed by atoms with Crippen LogP contribution in [0.1, 0.15) is 38.8 Å². The molecule has 0 heterocycles. The van der Waals surface area contributed by atoms with Gasteiger partial charge in [-0.25, -0.2) is 0 Å². The quantitative estimate of drug-likeness (QED) is 0.786. The molecule has 120 valence electrons. The first-order valence-corrected chi connectivity index (χ1v) is 9.23. The van der Waals surface area contributed by atoms with Crippen LogP contribution in [0.2, 0.25) is 0 Å². The molecule has 0 aliphatic rings. The third-order valence-corrected chi connectivity index (χ3v) is 4.50. The van der Waals surface area contributed by atoms with Gasteiger partial charge >= 0.3 is 0 Å². The number of thioether (sulfide) groups is 1. The van der Waals surface area contributed by atoms with Crippen LogP contribution < -0.4 is 5.32 Å². The van der Waals surface area contributed by atoms with Crippen LogP contribution in [0.15, 0.2) is 24.3 Å². The lowest BCUT2D eigenvalue weighted by Crippen LogP contribution is -2.37. The minimum atomic E-state index is 0.204. The van der Waals surface area contributed by atoms with E-state index in [9.17, 15) is 0 Å². The smallest absolute Gasteiger partial charge is 0.0233 e. The van der Waals surface area contributed by atoms with Crippen LogP contribution in [0, 0.1) is 0 Å². The van der Waals surface area contributed by atoms with E-state index in [0.717, 1.165) is 19.5 Å². The average molecular weight is 309 g/mol. The van der Waals surface area contributed by atoms with E-state index in [4.69, 9.17) is 0 Å². The number of hydrogen-bond donors (Lipinski definition) is 1. The minimum Gasteiger partial charge on any atom is -0.312 e. The summed E-state index contributed by atoms with van der Waals surface area (Å²) in [6, 6.07) is 9.71. The molecule has 0 saturated carbocycles. The average Bonchev–Trinajstić information content (AvgIpc) is 2.39. The molecule has 0 radical (unpaired) electrons. The van der Waals surface area contributed by atoms with E-state index in [1.807, 2.05) is 11.8 Å². The van der Waals surface area contributed by atoms with E-state index < -0.39 is 0 Å². The zero-order valence-electron chi connectivity index (χ0n) is 14.6. The van der Waals surface area contributed by atoms with Crippen molar-refractivity contribution in [2.45, 2.75) is 52.2 Å². The first-order valence-electron chi connectivity index (χ1n) is 7.84. The van der Waals surface area contributed by atoms with Gasteiger partial charge in [0.2, 0.25) is 0 Å². The maximum Gasteiger partial charge on any atom is 0.0233 e. The van der Waals surface area contributed by atoms with Crippen molar-refractivity contribution in [1.82, 2.24) is 10.2 Å². The van der Waals surface area contributed by atoms with Crippen LogP contribution in [0.5, 0.6) is 0 Å². The summed E-state index contributed by atoms with van der Waals surface area (Å²) >= 11 is 1.91. The van der Waals surface area contributed by atoms with Gasteiger partial charge in [-0.1, -0.05) is 24.3 Å². The van der Waals surface area contributed by atoms with Crippen LogP contribution in [0.25, 0.3) is 0 Å². The zero-order chi connectivity index (χ0) is 15.9. The molecule has 1 N–H and O–H groups in total. The van der Waals surface area contributed by atoms with Crippen molar-refractivity contribution in [2.75, 3.05) is 25.6 Å². The van der Waals surface area contributed by atoms with Gasteiger partial charge in [0.25, 0.3) is 0 Å². The Kier molecular flexibility index (Phi) is 7.78. The van der Waals surface area contributed by atoms with Crippen molar-refractivity contribution in [3.63, 3.8) is 0 Å². The Hall–Kier alpha value is -0.510. The van der Waals surface area contributed by atoms with Gasteiger partial charge in [0, 0.05) is 23.9 Å². The number of rotatable bonds is 8. The molecule has 2 nitrogen and oxygen atoms in total. The Morgan fingerprint density at radius 3 is 2.24 bits per heavy atom. The Morgan fingerprint density at radius 2 is 1.71 bits per heavy atom. The molecule has 1 aromatic carbocycles. The minimum absolute atomic E-state index is 0.204. The third-order valence-electron chi connectivity index (χ3n) is 3.68. The van der Waals surface area contributed by atoms with Crippen LogP contribution in [-0.2, 0) is 13.0 Å². The van der Waals surface area contributed by atoms with Crippen molar-refractivity contribution in [3.05, 3.63) is 35.4 Å². The lowest BCUT2D eigenvalue weighted by atomic mass is 10.1. The molecule has 0 fully saturated rings. The molecule has 0 bridgehead atoms. The molecule has 0 amide bonds. The monoisotopic (exact) mass is 308 g/mol. The van der Waals surface area contributed by atoms with Crippen LogP contribution in [0.4, 0.5) is 0 Å². The van der Waals surface area contributed by atoms with Gasteiger partial charge in [0.15, 0.2) is 0 Å². The van der Waals surface area contributed by atoms with Crippen molar-refractivity contribution in [3.8, 4) is 0 Å². The maximum absolute atomic E-state index is 3.54. The van der Waals surface area contributed by atoms with Gasteiger partial charge in [-0.3, -0.25) is 4.90 Å². The van der Waals surface area contributed by atoms with Gasteiger partial charge < -0.3 is 5.32 Å². The van der Waals surface area contributed by atoms with Gasteiger partial charge in [-0.15, -0.1) is 0 Å². The van der Waals surface area contributed by atoms with Gasteiger partial charge in [0.1, 0.15) is 0 Å². The molecule has 1 aromatic rings. The Bertz CT molecular complexity index is 395. The predicted molar refractivity (Wildman–Crippen MR) is 97.2 cm³/mol. The van der Waals surface area contributed by atoms with E-state index in [1.165, 1.54) is 16.9 Å². The van der Waals surface area contributed by atoms with Crippen molar-refractivity contribution >= 4 is 11.8 Å². The molecule has 0 aromatic heterocycles. The molecular weight excluding hydrogens is 276 g/mol. The Morgan fingerprint density at radius 1 is 1.14 bits per heavy atom. The van der Waals surface area contributed by atoms with Crippen molar-refractivity contribution < 1.29 is 0 Å². The molecular formula is C18H32N2S. The van der Waals surface area contributed by atoms with Gasteiger partial charge in [0.05, 0.1) is 0 Å². The molecule has 1 atom stereocenters. The topological polar surface area (TPSA) is 15.3 Å². The lowest BCUT2D eigenvalue weighted by molar-refractivity contribution is 0.270. The molecule has 1 rings (SSSR count). The van der Waals surface area contributed by atoms with Crippen molar-refractivity contribution in [2.24, 2.45) is 0 Å². The van der Waals surface area contributed by atoms with E-state index in [1.54, 1.807) is 0 Å². The number of nitrogens with one attached hydrogen (secondary N) is 1. The summed E-state index contributed by atoms with van der Waals surface area (Å²) in [5.41, 5.74) is 3.02. The normalized spacial score (nSPS) is 13.7. The summed E-state index contributed by atoms with van der Waals surface area (Å²) in [7, 11) is 2.21. The van der Waals surface area contributed by atoms with E-state index in [2.05, 4.69) is 75.5 Å². The SMILES string of the molecule is CSCC(C)N(C)Cc1ccc(CCNC(C)(C)C)cc1. The summed E-state index contributed by atoms with van der Waals surface area (Å²) in [5, 5.41) is 3.54. The highest BCUT2D eigenvalue weighted by Gasteiger charge is 2.09. The third kappa shape index (κ3) is 7.89. The molecule has 0 aliphatic heterocycles. The summed E-state index contributed by atoms with van der Waals surface area (Å²) in [6.07, 6.45) is 3.26. The molecule has 3 heteroatoms. The Labute approximate surface area is 135 Å². The summed E-state index contributed by atoms with van der Waals surface area (Å²) in [4.78, 5) is 2.42. The highest BCUT2D eigenvalue weighted by molar-refractivity contribution is 7.98. The second-order valence-electron chi connectivity index (χ2n) is 6.96. The standard InChI is InChI=1S/C18H32N2S/c1-15(14-21-6)20(5)13-17-9-7-16(8-10-17)11-12-19-18(2,3)4/h7-10,15,19H,11-14H2,1-6H3. The van der Waals surface area contributed by atoms with Crippen LogP contribution in [0.3, 0.4) is 0 Å². The lowest BCUT2D eigenvalue weighted by Gasteiger charge is -2.24. The molecule has 0 aliphatic carbocycles.